The van der Waals surface area contributed by atoms with Crippen LogP contribution in [0.2, 0.25) is 5.02 Å². The minimum absolute atomic E-state index is 0.0328. The van der Waals surface area contributed by atoms with Crippen LogP contribution in [0, 0.1) is 18.3 Å². The predicted octanol–water partition coefficient (Wildman–Crippen LogP) is 1.41. The lowest BCUT2D eigenvalue weighted by Crippen LogP contribution is -2.19. The van der Waals surface area contributed by atoms with Crippen molar-refractivity contribution in [1.29, 1.82) is 5.26 Å². The molecule has 6 nitrogen and oxygen atoms in total. The summed E-state index contributed by atoms with van der Waals surface area (Å²) in [7, 11) is -4.04. The lowest BCUT2D eigenvalue weighted by atomic mass is 10.2. The number of halogens is 1. The van der Waals surface area contributed by atoms with Crippen molar-refractivity contribution in [2.45, 2.75) is 18.5 Å². The highest BCUT2D eigenvalue weighted by molar-refractivity contribution is 7.89. The van der Waals surface area contributed by atoms with E-state index in [1.54, 1.807) is 31.2 Å². The van der Waals surface area contributed by atoms with Gasteiger partial charge in [-0.3, -0.25) is 0 Å². The van der Waals surface area contributed by atoms with Crippen LogP contribution < -0.4 is 5.14 Å². The predicted molar refractivity (Wildman–Crippen MR) is 73.6 cm³/mol. The van der Waals surface area contributed by atoms with E-state index >= 15 is 0 Å². The second-order valence-corrected chi connectivity index (χ2v) is 6.12. The van der Waals surface area contributed by atoms with Crippen molar-refractivity contribution in [2.24, 2.45) is 5.14 Å². The second-order valence-electron chi connectivity index (χ2n) is 4.21. The third kappa shape index (κ3) is 2.82. The quantitative estimate of drug-likeness (QED) is 0.926. The van der Waals surface area contributed by atoms with Crippen LogP contribution >= 0.6 is 11.6 Å². The molecule has 0 fully saturated rings. The van der Waals surface area contributed by atoms with Crippen molar-refractivity contribution in [3.05, 3.63) is 46.1 Å². The average molecular weight is 311 g/mol. The normalized spacial score (nSPS) is 11.3. The molecule has 2 rings (SSSR count). The van der Waals surface area contributed by atoms with Gasteiger partial charge in [0.2, 0.25) is 0 Å². The molecule has 0 saturated heterocycles. The Labute approximate surface area is 121 Å². The molecule has 104 valence electrons. The molecule has 8 heteroatoms. The molecule has 0 aliphatic carbocycles. The number of nitrogens with two attached hydrogens (primary N) is 1. The topological polar surface area (TPSA) is 102 Å². The molecular weight excluding hydrogens is 300 g/mol. The molecule has 0 atom stereocenters. The van der Waals surface area contributed by atoms with Crippen molar-refractivity contribution in [3.63, 3.8) is 0 Å². The third-order valence-electron chi connectivity index (χ3n) is 2.68. The van der Waals surface area contributed by atoms with Crippen molar-refractivity contribution in [1.82, 2.24) is 9.78 Å². The molecule has 20 heavy (non-hydrogen) atoms. The van der Waals surface area contributed by atoms with E-state index in [9.17, 15) is 8.42 Å². The molecular formula is C12H11ClN4O2S. The van der Waals surface area contributed by atoms with E-state index in [2.05, 4.69) is 5.10 Å². The number of hydrogen-bond donors (Lipinski definition) is 1. The van der Waals surface area contributed by atoms with E-state index in [1.807, 2.05) is 6.07 Å². The van der Waals surface area contributed by atoms with Gasteiger partial charge in [-0.25, -0.2) is 18.2 Å². The van der Waals surface area contributed by atoms with Crippen LogP contribution in [0.1, 0.15) is 16.8 Å². The standard InChI is InChI=1S/C12H11ClN4O2S/c1-8-11(6-14)12(20(15,18)19)17(16-8)7-9-3-2-4-10(13)5-9/h2-5H,7H2,1H3,(H2,15,18,19). The number of aryl methyl sites for hydroxylation is 1. The summed E-state index contributed by atoms with van der Waals surface area (Å²) >= 11 is 5.88. The van der Waals surface area contributed by atoms with Crippen molar-refractivity contribution in [3.8, 4) is 6.07 Å². The van der Waals surface area contributed by atoms with E-state index in [1.165, 1.54) is 4.68 Å². The number of sulfonamides is 1. The molecule has 2 N–H and O–H groups in total. The van der Waals surface area contributed by atoms with Gasteiger partial charge in [-0.2, -0.15) is 10.4 Å². The van der Waals surface area contributed by atoms with Gasteiger partial charge in [0.05, 0.1) is 12.2 Å². The largest absolute Gasteiger partial charge is 0.256 e. The Morgan fingerprint density at radius 3 is 2.75 bits per heavy atom. The summed E-state index contributed by atoms with van der Waals surface area (Å²) in [6.07, 6.45) is 0. The van der Waals surface area contributed by atoms with Crippen molar-refractivity contribution in [2.75, 3.05) is 0 Å². The highest BCUT2D eigenvalue weighted by atomic mass is 35.5. The summed E-state index contributed by atoms with van der Waals surface area (Å²) in [6, 6.07) is 8.75. The Morgan fingerprint density at radius 2 is 2.20 bits per heavy atom. The summed E-state index contributed by atoms with van der Waals surface area (Å²) < 4.78 is 24.5. The monoisotopic (exact) mass is 310 g/mol. The molecule has 0 aliphatic heterocycles. The van der Waals surface area contributed by atoms with Gasteiger partial charge in [-0.1, -0.05) is 23.7 Å². The highest BCUT2D eigenvalue weighted by Gasteiger charge is 2.24. The van der Waals surface area contributed by atoms with Crippen molar-refractivity contribution >= 4 is 21.6 Å². The Kier molecular flexibility index (Phi) is 3.81. The van der Waals surface area contributed by atoms with Gasteiger partial charge in [0.1, 0.15) is 11.6 Å². The Bertz CT molecular complexity index is 805. The Balaban J connectivity index is 2.56. The third-order valence-corrected chi connectivity index (χ3v) is 3.87. The summed E-state index contributed by atoms with van der Waals surface area (Å²) in [6.45, 7) is 1.72. The zero-order chi connectivity index (χ0) is 14.9. The van der Waals surface area contributed by atoms with E-state index in [0.29, 0.717) is 10.7 Å². The summed E-state index contributed by atoms with van der Waals surface area (Å²) in [5, 5.41) is 18.5. The molecule has 2 aromatic rings. The van der Waals surface area contributed by atoms with E-state index in [-0.39, 0.29) is 17.1 Å². The van der Waals surface area contributed by atoms with E-state index < -0.39 is 10.0 Å². The summed E-state index contributed by atoms with van der Waals surface area (Å²) in [5.41, 5.74) is 1.04. The fraction of sp³-hybridized carbons (Fsp3) is 0.167. The van der Waals surface area contributed by atoms with Crippen LogP contribution in [0.15, 0.2) is 29.3 Å². The summed E-state index contributed by atoms with van der Waals surface area (Å²) in [4.78, 5) is 0. The van der Waals surface area contributed by atoms with Gasteiger partial charge >= 0.3 is 0 Å². The van der Waals surface area contributed by atoms with Gasteiger partial charge in [-0.15, -0.1) is 0 Å². The first-order valence-electron chi connectivity index (χ1n) is 5.57. The van der Waals surface area contributed by atoms with Crippen LogP contribution in [0.5, 0.6) is 0 Å². The van der Waals surface area contributed by atoms with Gasteiger partial charge in [-0.05, 0) is 24.6 Å². The number of benzene rings is 1. The van der Waals surface area contributed by atoms with Crippen LogP contribution in [-0.2, 0) is 16.6 Å². The second kappa shape index (κ2) is 5.25. The zero-order valence-corrected chi connectivity index (χ0v) is 12.1. The molecule has 1 heterocycles. The lowest BCUT2D eigenvalue weighted by Gasteiger charge is -2.06. The van der Waals surface area contributed by atoms with Crippen LogP contribution in [0.4, 0.5) is 0 Å². The zero-order valence-electron chi connectivity index (χ0n) is 10.5. The fourth-order valence-electron chi connectivity index (χ4n) is 1.89. The average Bonchev–Trinajstić information content (AvgIpc) is 2.64. The first-order chi connectivity index (χ1) is 9.32. The van der Waals surface area contributed by atoms with Crippen LogP contribution in [-0.4, -0.2) is 18.2 Å². The number of rotatable bonds is 3. The van der Waals surface area contributed by atoms with E-state index in [4.69, 9.17) is 22.0 Å². The van der Waals surface area contributed by atoms with Crippen LogP contribution in [0.25, 0.3) is 0 Å². The number of hydrogen-bond acceptors (Lipinski definition) is 4. The number of nitriles is 1. The Morgan fingerprint density at radius 1 is 1.50 bits per heavy atom. The molecule has 1 aromatic heterocycles. The maximum Gasteiger partial charge on any atom is 0.256 e. The first kappa shape index (κ1) is 14.5. The molecule has 0 unspecified atom stereocenters. The molecule has 0 spiro atoms. The summed E-state index contributed by atoms with van der Waals surface area (Å²) in [5.74, 6) is 0. The smallest absolute Gasteiger partial charge is 0.247 e. The minimum Gasteiger partial charge on any atom is -0.247 e. The molecule has 0 bridgehead atoms. The minimum atomic E-state index is -4.04. The molecule has 0 aliphatic rings. The van der Waals surface area contributed by atoms with Gasteiger partial charge in [0.15, 0.2) is 5.03 Å². The van der Waals surface area contributed by atoms with Crippen LogP contribution in [0.3, 0.4) is 0 Å². The first-order valence-corrected chi connectivity index (χ1v) is 7.50. The lowest BCUT2D eigenvalue weighted by molar-refractivity contribution is 0.563. The molecule has 1 aromatic carbocycles. The van der Waals surface area contributed by atoms with Gasteiger partial charge in [0, 0.05) is 5.02 Å². The number of primary sulfonamides is 1. The Hall–Kier alpha value is -1.88. The van der Waals surface area contributed by atoms with E-state index in [0.717, 1.165) is 5.56 Å². The van der Waals surface area contributed by atoms with Gasteiger partial charge < -0.3 is 0 Å². The highest BCUT2D eigenvalue weighted by Crippen LogP contribution is 2.19. The van der Waals surface area contributed by atoms with Crippen molar-refractivity contribution < 1.29 is 8.42 Å². The molecule has 0 saturated carbocycles. The maximum absolute atomic E-state index is 11.6. The number of aromatic nitrogens is 2. The maximum atomic E-state index is 11.6. The van der Waals surface area contributed by atoms with Gasteiger partial charge in [0.25, 0.3) is 10.0 Å². The number of nitrogens with zero attached hydrogens (tertiary/aromatic N) is 3. The molecule has 0 amide bonds. The SMILES string of the molecule is Cc1nn(Cc2cccc(Cl)c2)c(S(N)(=O)=O)c1C#N. The molecule has 0 radical (unpaired) electrons. The fourth-order valence-corrected chi connectivity index (χ4v) is 2.98.